The zero-order valence-electron chi connectivity index (χ0n) is 16.2. The fourth-order valence-electron chi connectivity index (χ4n) is 3.71. The van der Waals surface area contributed by atoms with E-state index in [4.69, 9.17) is 4.99 Å². The molecule has 0 saturated carbocycles. The maximum Gasteiger partial charge on any atom is 0.194 e. The number of benzene rings is 1. The van der Waals surface area contributed by atoms with Gasteiger partial charge in [-0.25, -0.2) is 15.0 Å². The van der Waals surface area contributed by atoms with Gasteiger partial charge in [0.05, 0.1) is 6.54 Å². The first kappa shape index (κ1) is 18.2. The van der Waals surface area contributed by atoms with Crippen molar-refractivity contribution in [2.75, 3.05) is 19.6 Å². The summed E-state index contributed by atoms with van der Waals surface area (Å²) in [6.07, 6.45) is 8.40. The van der Waals surface area contributed by atoms with Crippen molar-refractivity contribution in [3.63, 3.8) is 0 Å². The molecule has 1 N–H and O–H groups in total. The Morgan fingerprint density at radius 2 is 2.07 bits per heavy atom. The summed E-state index contributed by atoms with van der Waals surface area (Å²) in [4.78, 5) is 15.9. The van der Waals surface area contributed by atoms with Crippen molar-refractivity contribution < 1.29 is 0 Å². The van der Waals surface area contributed by atoms with E-state index in [-0.39, 0.29) is 0 Å². The average molecular weight is 374 g/mol. The van der Waals surface area contributed by atoms with E-state index in [0.29, 0.717) is 12.5 Å². The predicted molar refractivity (Wildman–Crippen MR) is 112 cm³/mol. The zero-order chi connectivity index (χ0) is 19.2. The number of pyridine rings is 1. The Kier molecular flexibility index (Phi) is 5.66. The van der Waals surface area contributed by atoms with Gasteiger partial charge in [0, 0.05) is 49.7 Å². The van der Waals surface area contributed by atoms with Crippen LogP contribution >= 0.6 is 0 Å². The topological polar surface area (TPSA) is 58.3 Å². The molecule has 2 aromatic heterocycles. The summed E-state index contributed by atoms with van der Waals surface area (Å²) < 4.78 is 1.93. The van der Waals surface area contributed by atoms with Gasteiger partial charge in [-0.05, 0) is 25.0 Å². The van der Waals surface area contributed by atoms with Gasteiger partial charge in [0.2, 0.25) is 0 Å². The minimum absolute atomic E-state index is 0.560. The van der Waals surface area contributed by atoms with Crippen LogP contribution in [0.3, 0.4) is 0 Å². The molecule has 1 aliphatic heterocycles. The Hall–Kier alpha value is -3.15. The number of hydrogen-bond donors (Lipinski definition) is 1. The van der Waals surface area contributed by atoms with Crippen LogP contribution < -0.4 is 5.32 Å². The minimum Gasteiger partial charge on any atom is -0.357 e. The van der Waals surface area contributed by atoms with E-state index in [1.807, 2.05) is 16.8 Å². The van der Waals surface area contributed by atoms with E-state index < -0.39 is 0 Å². The molecule has 1 aliphatic rings. The SMILES string of the molecule is CCNC(=NCc1cccnc1-n1ccnc1)N1CCC(c2ccccc2)C1. The number of nitrogens with zero attached hydrogens (tertiary/aromatic N) is 5. The fraction of sp³-hybridized carbons (Fsp3) is 0.318. The molecule has 0 aliphatic carbocycles. The number of imidazole rings is 1. The molecule has 0 radical (unpaired) electrons. The lowest BCUT2D eigenvalue weighted by Crippen LogP contribution is -2.40. The Labute approximate surface area is 166 Å². The quantitative estimate of drug-likeness (QED) is 0.550. The standard InChI is InChI=1S/C22H26N6/c1-2-24-22(27-13-10-20(16-27)18-7-4-3-5-8-18)26-15-19-9-6-11-25-21(19)28-14-12-23-17-28/h3-9,11-12,14,17,20H,2,10,13,15-16H2,1H3,(H,24,26). The summed E-state index contributed by atoms with van der Waals surface area (Å²) in [5.41, 5.74) is 2.49. The van der Waals surface area contributed by atoms with Crippen LogP contribution in [-0.4, -0.2) is 45.0 Å². The lowest BCUT2D eigenvalue weighted by atomic mass is 9.99. The molecular weight excluding hydrogens is 348 g/mol. The second-order valence-electron chi connectivity index (χ2n) is 6.97. The van der Waals surface area contributed by atoms with Crippen LogP contribution in [0.1, 0.15) is 30.4 Å². The molecule has 28 heavy (non-hydrogen) atoms. The summed E-state index contributed by atoms with van der Waals surface area (Å²) in [6.45, 7) is 5.56. The molecule has 6 heteroatoms. The monoisotopic (exact) mass is 374 g/mol. The van der Waals surface area contributed by atoms with Crippen molar-refractivity contribution in [2.24, 2.45) is 4.99 Å². The van der Waals surface area contributed by atoms with Crippen molar-refractivity contribution in [2.45, 2.75) is 25.8 Å². The van der Waals surface area contributed by atoms with Crippen LogP contribution in [0.4, 0.5) is 0 Å². The minimum atomic E-state index is 0.560. The summed E-state index contributed by atoms with van der Waals surface area (Å²) in [7, 11) is 0. The number of likely N-dealkylation sites (tertiary alicyclic amines) is 1. The lowest BCUT2D eigenvalue weighted by molar-refractivity contribution is 0.486. The zero-order valence-corrected chi connectivity index (χ0v) is 16.2. The van der Waals surface area contributed by atoms with E-state index in [0.717, 1.165) is 43.4 Å². The van der Waals surface area contributed by atoms with Gasteiger partial charge in [0.1, 0.15) is 12.1 Å². The van der Waals surface area contributed by atoms with Crippen molar-refractivity contribution >= 4 is 5.96 Å². The van der Waals surface area contributed by atoms with E-state index in [1.165, 1.54) is 5.56 Å². The van der Waals surface area contributed by atoms with Gasteiger partial charge >= 0.3 is 0 Å². The van der Waals surface area contributed by atoms with Gasteiger partial charge in [-0.15, -0.1) is 0 Å². The summed E-state index contributed by atoms with van der Waals surface area (Å²) in [5.74, 6) is 2.41. The molecule has 6 nitrogen and oxygen atoms in total. The molecule has 0 spiro atoms. The second kappa shape index (κ2) is 8.69. The number of rotatable bonds is 5. The Bertz CT molecular complexity index is 904. The van der Waals surface area contributed by atoms with Gasteiger partial charge in [-0.3, -0.25) is 4.57 Å². The van der Waals surface area contributed by atoms with Crippen molar-refractivity contribution in [1.82, 2.24) is 24.8 Å². The van der Waals surface area contributed by atoms with Crippen LogP contribution in [0.15, 0.2) is 72.4 Å². The van der Waals surface area contributed by atoms with Gasteiger partial charge in [-0.2, -0.15) is 0 Å². The molecular formula is C22H26N6. The largest absolute Gasteiger partial charge is 0.357 e. The normalized spacial score (nSPS) is 17.1. The van der Waals surface area contributed by atoms with E-state index in [2.05, 4.69) is 63.5 Å². The fourth-order valence-corrected chi connectivity index (χ4v) is 3.71. The summed E-state index contributed by atoms with van der Waals surface area (Å²) in [6, 6.07) is 14.8. The number of nitrogens with one attached hydrogen (secondary N) is 1. The summed E-state index contributed by atoms with van der Waals surface area (Å²) in [5, 5.41) is 3.46. The average Bonchev–Trinajstić information content (AvgIpc) is 3.44. The van der Waals surface area contributed by atoms with Crippen LogP contribution in [0.2, 0.25) is 0 Å². The molecule has 4 rings (SSSR count). The first-order valence-electron chi connectivity index (χ1n) is 9.85. The first-order valence-corrected chi connectivity index (χ1v) is 9.85. The Morgan fingerprint density at radius 1 is 1.18 bits per heavy atom. The molecule has 144 valence electrons. The second-order valence-corrected chi connectivity index (χ2v) is 6.97. The summed E-state index contributed by atoms with van der Waals surface area (Å²) >= 11 is 0. The van der Waals surface area contributed by atoms with E-state index >= 15 is 0 Å². The smallest absolute Gasteiger partial charge is 0.194 e. The third-order valence-electron chi connectivity index (χ3n) is 5.11. The molecule has 3 aromatic rings. The van der Waals surface area contributed by atoms with Gasteiger partial charge in [-0.1, -0.05) is 36.4 Å². The number of hydrogen-bond acceptors (Lipinski definition) is 3. The number of aliphatic imine (C=N–C) groups is 1. The van der Waals surface area contributed by atoms with Gasteiger partial charge in [0.25, 0.3) is 0 Å². The van der Waals surface area contributed by atoms with Crippen molar-refractivity contribution in [3.05, 3.63) is 78.5 Å². The lowest BCUT2D eigenvalue weighted by Gasteiger charge is -2.22. The molecule has 1 aromatic carbocycles. The highest BCUT2D eigenvalue weighted by atomic mass is 15.3. The highest BCUT2D eigenvalue weighted by molar-refractivity contribution is 5.80. The Balaban J connectivity index is 1.51. The maximum absolute atomic E-state index is 4.92. The van der Waals surface area contributed by atoms with Crippen molar-refractivity contribution in [1.29, 1.82) is 0 Å². The molecule has 0 amide bonds. The highest BCUT2D eigenvalue weighted by Gasteiger charge is 2.25. The maximum atomic E-state index is 4.92. The van der Waals surface area contributed by atoms with Crippen LogP contribution in [0, 0.1) is 0 Å². The highest BCUT2D eigenvalue weighted by Crippen LogP contribution is 2.27. The number of aromatic nitrogens is 3. The van der Waals surface area contributed by atoms with Gasteiger partial charge < -0.3 is 10.2 Å². The molecule has 1 fully saturated rings. The third-order valence-corrected chi connectivity index (χ3v) is 5.11. The van der Waals surface area contributed by atoms with Crippen LogP contribution in [0.5, 0.6) is 0 Å². The first-order chi connectivity index (χ1) is 13.8. The molecule has 1 saturated heterocycles. The predicted octanol–water partition coefficient (Wildman–Crippen LogP) is 3.22. The van der Waals surface area contributed by atoms with Gasteiger partial charge in [0.15, 0.2) is 5.96 Å². The molecule has 1 unspecified atom stereocenters. The Morgan fingerprint density at radius 3 is 2.86 bits per heavy atom. The van der Waals surface area contributed by atoms with Crippen molar-refractivity contribution in [3.8, 4) is 5.82 Å². The molecule has 1 atom stereocenters. The molecule has 3 heterocycles. The van der Waals surface area contributed by atoms with E-state index in [1.54, 1.807) is 18.7 Å². The van der Waals surface area contributed by atoms with E-state index in [9.17, 15) is 0 Å². The van der Waals surface area contributed by atoms with Crippen LogP contribution in [0.25, 0.3) is 5.82 Å². The third kappa shape index (κ3) is 4.06. The number of guanidine groups is 1. The molecule has 0 bridgehead atoms. The van der Waals surface area contributed by atoms with Crippen LogP contribution in [-0.2, 0) is 6.54 Å².